The topological polar surface area (TPSA) is 18.5 Å². The lowest BCUT2D eigenvalue weighted by atomic mass is 10.3. The molecule has 0 saturated carbocycles. The highest BCUT2D eigenvalue weighted by molar-refractivity contribution is 7.99. The average molecular weight is 245 g/mol. The van der Waals surface area contributed by atoms with Gasteiger partial charge < -0.3 is 15.1 Å². The smallest absolute Gasteiger partial charge is 0.0107 e. The van der Waals surface area contributed by atoms with Crippen LogP contribution >= 0.6 is 11.8 Å². The van der Waals surface area contributed by atoms with Crippen LogP contribution in [0.5, 0.6) is 0 Å². The molecule has 1 aliphatic heterocycles. The third kappa shape index (κ3) is 7.49. The first kappa shape index (κ1) is 14.3. The second kappa shape index (κ2) is 9.28. The summed E-state index contributed by atoms with van der Waals surface area (Å²) in [4.78, 5) is 4.84. The summed E-state index contributed by atoms with van der Waals surface area (Å²) in [6, 6.07) is 0. The lowest BCUT2D eigenvalue weighted by Gasteiger charge is -2.19. The summed E-state index contributed by atoms with van der Waals surface area (Å²) in [6.07, 6.45) is 2.62. The Balaban J connectivity index is 1.89. The van der Waals surface area contributed by atoms with Gasteiger partial charge in [-0.25, -0.2) is 0 Å². The fourth-order valence-corrected chi connectivity index (χ4v) is 2.83. The van der Waals surface area contributed by atoms with Crippen LogP contribution in [0.15, 0.2) is 0 Å². The number of nitrogens with zero attached hydrogens (tertiary/aromatic N) is 2. The molecule has 3 nitrogen and oxygen atoms in total. The monoisotopic (exact) mass is 245 g/mol. The van der Waals surface area contributed by atoms with Gasteiger partial charge in [-0.1, -0.05) is 0 Å². The predicted molar refractivity (Wildman–Crippen MR) is 74.4 cm³/mol. The summed E-state index contributed by atoms with van der Waals surface area (Å²) in [5.74, 6) is 2.67. The minimum absolute atomic E-state index is 1.15. The SMILES string of the molecule is CN(C)CCCNCCN1CCCSCC1. The van der Waals surface area contributed by atoms with Gasteiger partial charge in [-0.3, -0.25) is 0 Å². The Kier molecular flexibility index (Phi) is 8.29. The van der Waals surface area contributed by atoms with E-state index in [1.54, 1.807) is 0 Å². The fraction of sp³-hybridized carbons (Fsp3) is 1.00. The molecule has 0 aromatic heterocycles. The Bertz CT molecular complexity index is 156. The summed E-state index contributed by atoms with van der Waals surface area (Å²) >= 11 is 2.10. The third-order valence-electron chi connectivity index (χ3n) is 2.88. The van der Waals surface area contributed by atoms with Gasteiger partial charge in [0.1, 0.15) is 0 Å². The summed E-state index contributed by atoms with van der Waals surface area (Å²) < 4.78 is 0. The van der Waals surface area contributed by atoms with Crippen LogP contribution < -0.4 is 5.32 Å². The van der Waals surface area contributed by atoms with E-state index in [1.807, 2.05) is 0 Å². The van der Waals surface area contributed by atoms with E-state index in [-0.39, 0.29) is 0 Å². The van der Waals surface area contributed by atoms with Crippen LogP contribution in [0.3, 0.4) is 0 Å². The summed E-state index contributed by atoms with van der Waals surface area (Å²) in [7, 11) is 4.27. The molecule has 0 aliphatic carbocycles. The van der Waals surface area contributed by atoms with E-state index in [1.165, 1.54) is 50.5 Å². The Morgan fingerprint density at radius 3 is 2.88 bits per heavy atom. The highest BCUT2D eigenvalue weighted by atomic mass is 32.2. The Morgan fingerprint density at radius 2 is 2.06 bits per heavy atom. The molecule has 0 bridgehead atoms. The molecule has 1 fully saturated rings. The van der Waals surface area contributed by atoms with Crippen LogP contribution in [0.4, 0.5) is 0 Å². The van der Waals surface area contributed by atoms with Gasteiger partial charge in [0, 0.05) is 25.4 Å². The van der Waals surface area contributed by atoms with Crippen LogP contribution in [0.2, 0.25) is 0 Å². The van der Waals surface area contributed by atoms with E-state index in [0.717, 1.165) is 13.1 Å². The van der Waals surface area contributed by atoms with E-state index >= 15 is 0 Å². The van der Waals surface area contributed by atoms with Gasteiger partial charge in [-0.05, 0) is 52.3 Å². The quantitative estimate of drug-likeness (QED) is 0.673. The molecule has 0 atom stereocenters. The highest BCUT2D eigenvalue weighted by Crippen LogP contribution is 2.08. The second-order valence-electron chi connectivity index (χ2n) is 4.71. The Labute approximate surface area is 105 Å². The predicted octanol–water partition coefficient (Wildman–Crippen LogP) is 0.967. The van der Waals surface area contributed by atoms with Gasteiger partial charge >= 0.3 is 0 Å². The van der Waals surface area contributed by atoms with Gasteiger partial charge in [0.15, 0.2) is 0 Å². The minimum atomic E-state index is 1.15. The van der Waals surface area contributed by atoms with Gasteiger partial charge in [0.2, 0.25) is 0 Å². The van der Waals surface area contributed by atoms with E-state index in [4.69, 9.17) is 0 Å². The van der Waals surface area contributed by atoms with Crippen molar-refractivity contribution in [2.45, 2.75) is 12.8 Å². The number of hydrogen-bond acceptors (Lipinski definition) is 4. The maximum absolute atomic E-state index is 3.53. The van der Waals surface area contributed by atoms with E-state index in [0.29, 0.717) is 0 Å². The molecule has 0 amide bonds. The lowest BCUT2D eigenvalue weighted by Crippen LogP contribution is -2.34. The first-order valence-electron chi connectivity index (χ1n) is 6.44. The molecule has 4 heteroatoms. The van der Waals surface area contributed by atoms with Gasteiger partial charge in [0.05, 0.1) is 0 Å². The Hall–Kier alpha value is 0.230. The fourth-order valence-electron chi connectivity index (χ4n) is 1.90. The molecule has 0 unspecified atom stereocenters. The molecule has 16 heavy (non-hydrogen) atoms. The third-order valence-corrected chi connectivity index (χ3v) is 3.93. The molecule has 96 valence electrons. The van der Waals surface area contributed by atoms with Crippen molar-refractivity contribution >= 4 is 11.8 Å². The maximum atomic E-state index is 3.53. The normalized spacial score (nSPS) is 18.9. The molecule has 1 heterocycles. The molecule has 0 aromatic rings. The zero-order chi connectivity index (χ0) is 11.6. The van der Waals surface area contributed by atoms with E-state index in [9.17, 15) is 0 Å². The van der Waals surface area contributed by atoms with Crippen LogP contribution in [0, 0.1) is 0 Å². The van der Waals surface area contributed by atoms with Gasteiger partial charge in [-0.15, -0.1) is 0 Å². The van der Waals surface area contributed by atoms with Crippen LogP contribution in [-0.2, 0) is 0 Å². The van der Waals surface area contributed by atoms with Crippen molar-refractivity contribution < 1.29 is 0 Å². The van der Waals surface area contributed by atoms with Crippen LogP contribution in [0.25, 0.3) is 0 Å². The molecular weight excluding hydrogens is 218 g/mol. The lowest BCUT2D eigenvalue weighted by molar-refractivity contribution is 0.293. The second-order valence-corrected chi connectivity index (χ2v) is 5.94. The van der Waals surface area contributed by atoms with Crippen molar-refractivity contribution in [3.63, 3.8) is 0 Å². The van der Waals surface area contributed by atoms with Crippen LogP contribution in [0.1, 0.15) is 12.8 Å². The average Bonchev–Trinajstić information content (AvgIpc) is 2.51. The molecule has 1 aliphatic rings. The van der Waals surface area contributed by atoms with Gasteiger partial charge in [0.25, 0.3) is 0 Å². The molecule has 0 aromatic carbocycles. The zero-order valence-electron chi connectivity index (χ0n) is 10.9. The standard InChI is InChI=1S/C12H27N3S/c1-14(2)7-3-5-13-6-9-15-8-4-11-16-12-10-15/h13H,3-12H2,1-2H3. The van der Waals surface area contributed by atoms with E-state index in [2.05, 4.69) is 41.0 Å². The number of thioether (sulfide) groups is 1. The highest BCUT2D eigenvalue weighted by Gasteiger charge is 2.07. The largest absolute Gasteiger partial charge is 0.315 e. The molecule has 1 N–H and O–H groups in total. The van der Waals surface area contributed by atoms with Crippen molar-refractivity contribution in [3.05, 3.63) is 0 Å². The van der Waals surface area contributed by atoms with Crippen molar-refractivity contribution in [3.8, 4) is 0 Å². The maximum Gasteiger partial charge on any atom is 0.0107 e. The van der Waals surface area contributed by atoms with Crippen molar-refractivity contribution in [2.75, 3.05) is 64.9 Å². The Morgan fingerprint density at radius 1 is 1.19 bits per heavy atom. The minimum Gasteiger partial charge on any atom is -0.315 e. The van der Waals surface area contributed by atoms with Crippen molar-refractivity contribution in [2.24, 2.45) is 0 Å². The summed E-state index contributed by atoms with van der Waals surface area (Å²) in [6.45, 7) is 7.30. The van der Waals surface area contributed by atoms with Crippen molar-refractivity contribution in [1.82, 2.24) is 15.1 Å². The molecule has 0 radical (unpaired) electrons. The molecule has 0 spiro atoms. The zero-order valence-corrected chi connectivity index (χ0v) is 11.7. The summed E-state index contributed by atoms with van der Waals surface area (Å²) in [5, 5.41) is 3.53. The molecule has 1 saturated heterocycles. The van der Waals surface area contributed by atoms with E-state index < -0.39 is 0 Å². The first-order valence-corrected chi connectivity index (χ1v) is 7.60. The number of nitrogens with one attached hydrogen (secondary N) is 1. The molecule has 1 rings (SSSR count). The van der Waals surface area contributed by atoms with Crippen LogP contribution in [-0.4, -0.2) is 74.7 Å². The number of hydrogen-bond donors (Lipinski definition) is 1. The van der Waals surface area contributed by atoms with Crippen molar-refractivity contribution in [1.29, 1.82) is 0 Å². The molecular formula is C12H27N3S. The summed E-state index contributed by atoms with van der Waals surface area (Å²) in [5.41, 5.74) is 0. The van der Waals surface area contributed by atoms with Gasteiger partial charge in [-0.2, -0.15) is 11.8 Å². The first-order chi connectivity index (χ1) is 7.79. The number of rotatable bonds is 7.